The molecule has 0 fully saturated rings. The molecule has 1 N–H and O–H groups in total. The van der Waals surface area contributed by atoms with E-state index < -0.39 is 32.6 Å². The van der Waals surface area contributed by atoms with Crippen molar-refractivity contribution in [3.8, 4) is 5.69 Å². The molecule has 14 heteroatoms. The van der Waals surface area contributed by atoms with Crippen molar-refractivity contribution in [1.82, 2.24) is 19.7 Å². The Morgan fingerprint density at radius 2 is 1.61 bits per heavy atom. The molecule has 3 rings (SSSR count). The van der Waals surface area contributed by atoms with Gasteiger partial charge < -0.3 is 0 Å². The van der Waals surface area contributed by atoms with E-state index >= 15 is 0 Å². The molecule has 0 radical (unpaired) electrons. The highest BCUT2D eigenvalue weighted by Crippen LogP contribution is 2.33. The normalized spacial score (nSPS) is 12.1. The summed E-state index contributed by atoms with van der Waals surface area (Å²) in [7, 11) is -4.46. The Morgan fingerprint density at radius 1 is 1.06 bits per heavy atom. The second-order valence-electron chi connectivity index (χ2n) is 6.12. The van der Waals surface area contributed by atoms with Crippen molar-refractivity contribution in [3.63, 3.8) is 0 Å². The van der Waals surface area contributed by atoms with E-state index in [0.717, 1.165) is 12.1 Å². The number of sulfonamides is 1. The summed E-state index contributed by atoms with van der Waals surface area (Å²) in [5, 5.41) is 7.81. The Hall–Kier alpha value is -2.34. The maximum atomic E-state index is 12.6. The molecule has 0 unspecified atom stereocenters. The van der Waals surface area contributed by atoms with Gasteiger partial charge in [0.2, 0.25) is 0 Å². The number of carbonyl (C=O) groups excluding carboxylic acids is 1. The zero-order valence-electron chi connectivity index (χ0n) is 15.2. The van der Waals surface area contributed by atoms with Crippen LogP contribution in [0.4, 0.5) is 13.2 Å². The zero-order chi connectivity index (χ0) is 23.1. The smallest absolute Gasteiger partial charge is 0.266 e. The van der Waals surface area contributed by atoms with Crippen LogP contribution >= 0.6 is 34.8 Å². The van der Waals surface area contributed by atoms with Crippen LogP contribution in [0.2, 0.25) is 15.1 Å². The molecule has 0 bridgehead atoms. The number of rotatable bonds is 4. The van der Waals surface area contributed by atoms with Crippen molar-refractivity contribution in [2.75, 3.05) is 0 Å². The van der Waals surface area contributed by atoms with E-state index in [1.54, 1.807) is 4.72 Å². The highest BCUT2D eigenvalue weighted by Gasteiger charge is 2.31. The third-order valence-corrected chi connectivity index (χ3v) is 6.59. The van der Waals surface area contributed by atoms with Gasteiger partial charge in [0.25, 0.3) is 15.9 Å². The van der Waals surface area contributed by atoms with E-state index in [1.807, 2.05) is 0 Å². The average molecular weight is 514 g/mol. The van der Waals surface area contributed by atoms with Gasteiger partial charge in [-0.25, -0.2) is 17.8 Å². The lowest BCUT2D eigenvalue weighted by Crippen LogP contribution is -2.31. The quantitative estimate of drug-likeness (QED) is 0.512. The van der Waals surface area contributed by atoms with E-state index in [9.17, 15) is 26.4 Å². The van der Waals surface area contributed by atoms with Gasteiger partial charge in [0.15, 0.2) is 5.69 Å². The van der Waals surface area contributed by atoms with Crippen LogP contribution in [0, 0.1) is 6.92 Å². The number of amides is 1. The fourth-order valence-electron chi connectivity index (χ4n) is 2.50. The molecule has 3 aromatic rings. The number of carbonyl (C=O) groups is 1. The number of halogens is 6. The molecule has 0 aliphatic heterocycles. The fourth-order valence-corrected chi connectivity index (χ4v) is 4.04. The monoisotopic (exact) mass is 512 g/mol. The van der Waals surface area contributed by atoms with Gasteiger partial charge in [-0.2, -0.15) is 13.2 Å². The molecule has 0 aliphatic rings. The number of hydrogen-bond donors (Lipinski definition) is 1. The third kappa shape index (κ3) is 4.79. The number of nitrogens with one attached hydrogen (secondary N) is 1. The standard InChI is InChI=1S/C17H10Cl3F3N4O3S/c1-8-15(24-26-27(8)10-6-12(18)14(20)13(19)7-10)16(28)25-31(29,30)11-4-2-9(3-5-11)17(21,22)23/h2-7H,1H3,(H,25,28). The summed E-state index contributed by atoms with van der Waals surface area (Å²) in [5.41, 5.74) is -0.904. The van der Waals surface area contributed by atoms with Gasteiger partial charge in [-0.1, -0.05) is 40.0 Å². The Balaban J connectivity index is 1.87. The van der Waals surface area contributed by atoms with Crippen LogP contribution in [0.15, 0.2) is 41.3 Å². The first kappa shape index (κ1) is 23.3. The molecule has 0 saturated carbocycles. The number of benzene rings is 2. The molecule has 1 heterocycles. The average Bonchev–Trinajstić information content (AvgIpc) is 3.06. The van der Waals surface area contributed by atoms with Crippen molar-refractivity contribution in [1.29, 1.82) is 0 Å². The Morgan fingerprint density at radius 3 is 2.13 bits per heavy atom. The van der Waals surface area contributed by atoms with Gasteiger partial charge in [0, 0.05) is 0 Å². The molecule has 0 atom stereocenters. The van der Waals surface area contributed by atoms with Crippen molar-refractivity contribution >= 4 is 50.7 Å². The van der Waals surface area contributed by atoms with E-state index in [1.165, 1.54) is 23.7 Å². The van der Waals surface area contributed by atoms with Gasteiger partial charge in [0.05, 0.1) is 36.9 Å². The van der Waals surface area contributed by atoms with Gasteiger partial charge >= 0.3 is 6.18 Å². The number of nitrogens with zero attached hydrogens (tertiary/aromatic N) is 3. The number of hydrogen-bond acceptors (Lipinski definition) is 5. The minimum absolute atomic E-state index is 0.116. The van der Waals surface area contributed by atoms with Crippen molar-refractivity contribution in [2.45, 2.75) is 18.0 Å². The first-order chi connectivity index (χ1) is 14.3. The molecule has 164 valence electrons. The molecule has 0 spiro atoms. The van der Waals surface area contributed by atoms with Gasteiger partial charge in [-0.05, 0) is 43.3 Å². The maximum Gasteiger partial charge on any atom is 0.416 e. The van der Waals surface area contributed by atoms with E-state index in [0.29, 0.717) is 17.8 Å². The third-order valence-electron chi connectivity index (χ3n) is 4.04. The number of alkyl halides is 3. The first-order valence-corrected chi connectivity index (χ1v) is 10.7. The first-order valence-electron chi connectivity index (χ1n) is 8.13. The maximum absolute atomic E-state index is 12.6. The van der Waals surface area contributed by atoms with Crippen molar-refractivity contribution in [2.24, 2.45) is 0 Å². The minimum atomic E-state index is -4.63. The highest BCUT2D eigenvalue weighted by atomic mass is 35.5. The molecule has 7 nitrogen and oxygen atoms in total. The fraction of sp³-hybridized carbons (Fsp3) is 0.118. The zero-order valence-corrected chi connectivity index (χ0v) is 18.3. The largest absolute Gasteiger partial charge is 0.416 e. The van der Waals surface area contributed by atoms with Crippen LogP contribution in [0.1, 0.15) is 21.7 Å². The summed E-state index contributed by atoms with van der Waals surface area (Å²) in [6.45, 7) is 1.44. The Labute approximate surface area is 188 Å². The van der Waals surface area contributed by atoms with Crippen LogP contribution in [0.5, 0.6) is 0 Å². The van der Waals surface area contributed by atoms with Crippen molar-refractivity contribution in [3.05, 3.63) is 68.4 Å². The molecular formula is C17H10Cl3F3N4O3S. The minimum Gasteiger partial charge on any atom is -0.266 e. The van der Waals surface area contributed by atoms with E-state index in [2.05, 4.69) is 10.3 Å². The van der Waals surface area contributed by atoms with Gasteiger partial charge in [-0.15, -0.1) is 5.10 Å². The lowest BCUT2D eigenvalue weighted by Gasteiger charge is -2.09. The Kier molecular flexibility index (Phi) is 6.25. The van der Waals surface area contributed by atoms with Gasteiger partial charge in [0.1, 0.15) is 0 Å². The molecule has 31 heavy (non-hydrogen) atoms. The summed E-state index contributed by atoms with van der Waals surface area (Å²) in [6, 6.07) is 5.49. The Bertz CT molecular complexity index is 1250. The van der Waals surface area contributed by atoms with Crippen LogP contribution in [-0.2, 0) is 16.2 Å². The lowest BCUT2D eigenvalue weighted by molar-refractivity contribution is -0.137. The summed E-state index contributed by atoms with van der Waals surface area (Å²) in [6.07, 6.45) is -4.63. The molecule has 0 saturated heterocycles. The summed E-state index contributed by atoms with van der Waals surface area (Å²) < 4.78 is 65.6. The molecule has 2 aromatic carbocycles. The SMILES string of the molecule is Cc1c(C(=O)NS(=O)(=O)c2ccc(C(F)(F)F)cc2)nnn1-c1cc(Cl)c(Cl)c(Cl)c1. The van der Waals surface area contributed by atoms with Gasteiger partial charge in [-0.3, -0.25) is 4.79 Å². The molecule has 1 amide bonds. The lowest BCUT2D eigenvalue weighted by atomic mass is 10.2. The van der Waals surface area contributed by atoms with Crippen LogP contribution in [0.3, 0.4) is 0 Å². The second kappa shape index (κ2) is 8.30. The van der Waals surface area contributed by atoms with Crippen LogP contribution in [0.25, 0.3) is 5.69 Å². The molecule has 1 aromatic heterocycles. The topological polar surface area (TPSA) is 93.9 Å². The van der Waals surface area contributed by atoms with E-state index in [-0.39, 0.29) is 26.5 Å². The second-order valence-corrected chi connectivity index (χ2v) is 8.99. The van der Waals surface area contributed by atoms with Crippen LogP contribution < -0.4 is 4.72 Å². The van der Waals surface area contributed by atoms with E-state index in [4.69, 9.17) is 34.8 Å². The molecule has 0 aliphatic carbocycles. The summed E-state index contributed by atoms with van der Waals surface area (Å²) in [4.78, 5) is 11.9. The summed E-state index contributed by atoms with van der Waals surface area (Å²) in [5.74, 6) is -1.13. The van der Waals surface area contributed by atoms with Crippen LogP contribution in [-0.4, -0.2) is 29.3 Å². The highest BCUT2D eigenvalue weighted by molar-refractivity contribution is 7.90. The van der Waals surface area contributed by atoms with Crippen molar-refractivity contribution < 1.29 is 26.4 Å². The summed E-state index contributed by atoms with van der Waals surface area (Å²) >= 11 is 17.9. The number of aromatic nitrogens is 3. The molecular weight excluding hydrogens is 504 g/mol. The predicted octanol–water partition coefficient (Wildman–Crippen LogP) is 4.67. The predicted molar refractivity (Wildman–Crippen MR) is 107 cm³/mol.